The van der Waals surface area contributed by atoms with Crippen molar-refractivity contribution in [1.29, 1.82) is 0 Å². The normalized spacial score (nSPS) is 14.7. The summed E-state index contributed by atoms with van der Waals surface area (Å²) in [4.78, 5) is 11.1. The third-order valence-corrected chi connectivity index (χ3v) is 2.62. The van der Waals surface area contributed by atoms with Crippen LogP contribution >= 0.6 is 0 Å². The second-order valence-electron chi connectivity index (χ2n) is 3.88. The third kappa shape index (κ3) is 3.06. The Kier molecular flexibility index (Phi) is 4.49. The summed E-state index contributed by atoms with van der Waals surface area (Å²) < 4.78 is 1.73. The number of rotatable bonds is 6. The van der Waals surface area contributed by atoms with Gasteiger partial charge in [0.15, 0.2) is 0 Å². The molecule has 16 heavy (non-hydrogen) atoms. The highest BCUT2D eigenvalue weighted by Crippen LogP contribution is 2.13. The molecule has 0 saturated heterocycles. The lowest BCUT2D eigenvalue weighted by Gasteiger charge is -2.17. The first-order chi connectivity index (χ1) is 7.58. The molecule has 1 rings (SSSR count). The summed E-state index contributed by atoms with van der Waals surface area (Å²) >= 11 is 0. The van der Waals surface area contributed by atoms with Gasteiger partial charge in [0.2, 0.25) is 0 Å². The minimum absolute atomic E-state index is 0.172. The molecule has 0 fully saturated rings. The van der Waals surface area contributed by atoms with E-state index in [-0.39, 0.29) is 6.04 Å². The van der Waals surface area contributed by atoms with Gasteiger partial charge in [0, 0.05) is 24.3 Å². The van der Waals surface area contributed by atoms with Crippen LogP contribution in [0.4, 0.5) is 0 Å². The van der Waals surface area contributed by atoms with E-state index >= 15 is 0 Å². The molecule has 1 heterocycles. The summed E-state index contributed by atoms with van der Waals surface area (Å²) in [7, 11) is 0. The maximum Gasteiger partial charge on any atom is 0.325 e. The van der Waals surface area contributed by atoms with Crippen molar-refractivity contribution in [2.45, 2.75) is 45.8 Å². The summed E-state index contributed by atoms with van der Waals surface area (Å²) in [6, 6.07) is -0.499. The Bertz CT molecular complexity index is 349. The fourth-order valence-electron chi connectivity index (χ4n) is 1.41. The first kappa shape index (κ1) is 12.7. The molecule has 0 aliphatic heterocycles. The molecule has 0 aliphatic rings. The summed E-state index contributed by atoms with van der Waals surface area (Å²) in [6.07, 6.45) is 4.28. The summed E-state index contributed by atoms with van der Waals surface area (Å²) in [6.45, 7) is 6.70. The molecule has 1 aromatic rings. The maximum atomic E-state index is 11.1. The number of hydrogen-bond acceptors (Lipinski definition) is 3. The van der Waals surface area contributed by atoms with E-state index in [1.807, 2.05) is 20.8 Å². The van der Waals surface area contributed by atoms with Crippen LogP contribution in [0.5, 0.6) is 0 Å². The molecule has 2 N–H and O–H groups in total. The van der Waals surface area contributed by atoms with Crippen LogP contribution in [0.25, 0.3) is 0 Å². The Labute approximate surface area is 95.5 Å². The molecule has 2 atom stereocenters. The molecule has 5 heteroatoms. The minimum atomic E-state index is -0.865. The van der Waals surface area contributed by atoms with Crippen molar-refractivity contribution in [3.05, 3.63) is 18.0 Å². The molecule has 1 aromatic heterocycles. The van der Waals surface area contributed by atoms with Crippen LogP contribution in [0.15, 0.2) is 12.4 Å². The summed E-state index contributed by atoms with van der Waals surface area (Å²) in [5.74, 6) is -0.865. The van der Waals surface area contributed by atoms with Gasteiger partial charge in [-0.05, 0) is 20.3 Å². The average Bonchev–Trinajstić information content (AvgIpc) is 2.73. The van der Waals surface area contributed by atoms with Crippen molar-refractivity contribution in [2.75, 3.05) is 0 Å². The van der Waals surface area contributed by atoms with Crippen molar-refractivity contribution in [1.82, 2.24) is 15.1 Å². The molecule has 0 bridgehead atoms. The van der Waals surface area contributed by atoms with Gasteiger partial charge in [-0.1, -0.05) is 6.92 Å². The number of hydrogen-bond donors (Lipinski definition) is 2. The molecule has 0 amide bonds. The number of carboxylic acids is 1. The smallest absolute Gasteiger partial charge is 0.325 e. The number of aromatic nitrogens is 2. The summed E-state index contributed by atoms with van der Waals surface area (Å²) in [5, 5.41) is 16.3. The minimum Gasteiger partial charge on any atom is -0.480 e. The van der Waals surface area contributed by atoms with E-state index in [0.717, 1.165) is 13.0 Å². The van der Waals surface area contributed by atoms with Crippen molar-refractivity contribution in [2.24, 2.45) is 0 Å². The van der Waals surface area contributed by atoms with Gasteiger partial charge in [-0.2, -0.15) is 5.10 Å². The molecule has 0 radical (unpaired) electrons. The second kappa shape index (κ2) is 5.65. The zero-order valence-corrected chi connectivity index (χ0v) is 9.97. The monoisotopic (exact) mass is 225 g/mol. The van der Waals surface area contributed by atoms with E-state index < -0.39 is 12.0 Å². The van der Waals surface area contributed by atoms with Crippen LogP contribution in [0.2, 0.25) is 0 Å². The Morgan fingerprint density at radius 2 is 2.31 bits per heavy atom. The molecular formula is C11H19N3O2. The van der Waals surface area contributed by atoms with Crippen LogP contribution in [0.3, 0.4) is 0 Å². The number of nitrogens with one attached hydrogen (secondary N) is 1. The topological polar surface area (TPSA) is 67.2 Å². The zero-order chi connectivity index (χ0) is 12.1. The highest BCUT2D eigenvalue weighted by atomic mass is 16.4. The van der Waals surface area contributed by atoms with Gasteiger partial charge in [-0.3, -0.25) is 14.8 Å². The van der Waals surface area contributed by atoms with Gasteiger partial charge in [-0.25, -0.2) is 0 Å². The van der Waals surface area contributed by atoms with Crippen molar-refractivity contribution in [3.63, 3.8) is 0 Å². The van der Waals surface area contributed by atoms with Crippen LogP contribution in [-0.4, -0.2) is 26.9 Å². The van der Waals surface area contributed by atoms with E-state index in [1.165, 1.54) is 0 Å². The Morgan fingerprint density at radius 1 is 1.62 bits per heavy atom. The number of carbonyl (C=O) groups is 1. The van der Waals surface area contributed by atoms with Gasteiger partial charge in [0.05, 0.1) is 6.20 Å². The standard InChI is InChI=1S/C11H19N3O2/c1-4-8(3)13-10(11(15)16)9-6-12-14(5-2)7-9/h6-8,10,13H,4-5H2,1-3H3,(H,15,16). The molecule has 5 nitrogen and oxygen atoms in total. The predicted molar refractivity (Wildman–Crippen MR) is 61.2 cm³/mol. The van der Waals surface area contributed by atoms with E-state index in [4.69, 9.17) is 5.11 Å². The lowest BCUT2D eigenvalue weighted by molar-refractivity contribution is -0.139. The maximum absolute atomic E-state index is 11.1. The number of nitrogens with zero attached hydrogens (tertiary/aromatic N) is 2. The quantitative estimate of drug-likeness (QED) is 0.768. The lowest BCUT2D eigenvalue weighted by atomic mass is 10.1. The third-order valence-electron chi connectivity index (χ3n) is 2.62. The summed E-state index contributed by atoms with van der Waals surface area (Å²) in [5.41, 5.74) is 0.703. The van der Waals surface area contributed by atoms with Crippen LogP contribution < -0.4 is 5.32 Å². The molecule has 0 saturated carbocycles. The van der Waals surface area contributed by atoms with Crippen LogP contribution in [-0.2, 0) is 11.3 Å². The number of carboxylic acid groups (broad SMARTS) is 1. The molecule has 0 aromatic carbocycles. The largest absolute Gasteiger partial charge is 0.480 e. The average molecular weight is 225 g/mol. The van der Waals surface area contributed by atoms with Gasteiger partial charge in [0.25, 0.3) is 0 Å². The number of aliphatic carboxylic acids is 1. The fourth-order valence-corrected chi connectivity index (χ4v) is 1.41. The molecule has 2 unspecified atom stereocenters. The second-order valence-corrected chi connectivity index (χ2v) is 3.88. The predicted octanol–water partition coefficient (Wildman–Crippen LogP) is 1.42. The molecule has 90 valence electrons. The van der Waals surface area contributed by atoms with Crippen LogP contribution in [0, 0.1) is 0 Å². The SMILES string of the molecule is CCC(C)NC(C(=O)O)c1cnn(CC)c1. The first-order valence-electron chi connectivity index (χ1n) is 5.59. The lowest BCUT2D eigenvalue weighted by Crippen LogP contribution is -2.34. The first-order valence-corrected chi connectivity index (χ1v) is 5.59. The highest BCUT2D eigenvalue weighted by molar-refractivity contribution is 5.75. The van der Waals surface area contributed by atoms with Gasteiger partial charge < -0.3 is 5.11 Å². The van der Waals surface area contributed by atoms with Gasteiger partial charge in [-0.15, -0.1) is 0 Å². The zero-order valence-electron chi connectivity index (χ0n) is 9.97. The molecule has 0 aliphatic carbocycles. The van der Waals surface area contributed by atoms with Crippen molar-refractivity contribution >= 4 is 5.97 Å². The Morgan fingerprint density at radius 3 is 2.75 bits per heavy atom. The van der Waals surface area contributed by atoms with Crippen molar-refractivity contribution < 1.29 is 9.90 Å². The van der Waals surface area contributed by atoms with E-state index in [0.29, 0.717) is 5.56 Å². The van der Waals surface area contributed by atoms with Crippen molar-refractivity contribution in [3.8, 4) is 0 Å². The molecule has 0 spiro atoms. The van der Waals surface area contributed by atoms with Crippen LogP contribution in [0.1, 0.15) is 38.8 Å². The van der Waals surface area contributed by atoms with E-state index in [1.54, 1.807) is 17.1 Å². The van der Waals surface area contributed by atoms with Gasteiger partial charge >= 0.3 is 5.97 Å². The van der Waals surface area contributed by atoms with E-state index in [2.05, 4.69) is 10.4 Å². The Hall–Kier alpha value is -1.36. The fraction of sp³-hybridized carbons (Fsp3) is 0.636. The Balaban J connectivity index is 2.81. The number of aryl methyl sites for hydroxylation is 1. The van der Waals surface area contributed by atoms with E-state index in [9.17, 15) is 4.79 Å². The van der Waals surface area contributed by atoms with Gasteiger partial charge in [0.1, 0.15) is 6.04 Å². The highest BCUT2D eigenvalue weighted by Gasteiger charge is 2.22. The molecular weight excluding hydrogens is 206 g/mol.